The van der Waals surface area contributed by atoms with E-state index < -0.39 is 0 Å². The van der Waals surface area contributed by atoms with E-state index >= 15 is 0 Å². The van der Waals surface area contributed by atoms with E-state index in [1.165, 1.54) is 44.3 Å². The highest BCUT2D eigenvalue weighted by molar-refractivity contribution is 5.55. The van der Waals surface area contributed by atoms with Crippen LogP contribution in [0.3, 0.4) is 0 Å². The summed E-state index contributed by atoms with van der Waals surface area (Å²) in [6.45, 7) is 4.40. The van der Waals surface area contributed by atoms with Crippen LogP contribution in [0.5, 0.6) is 0 Å². The van der Waals surface area contributed by atoms with Crippen molar-refractivity contribution < 1.29 is 5.11 Å². The molecule has 1 heterocycles. The lowest BCUT2D eigenvalue weighted by Crippen LogP contribution is -2.42. The second-order valence-electron chi connectivity index (χ2n) is 6.52. The first-order valence-corrected chi connectivity index (χ1v) is 8.31. The largest absolute Gasteiger partial charge is 0.388 e. The average Bonchev–Trinajstić information content (AvgIpc) is 2.53. The summed E-state index contributed by atoms with van der Waals surface area (Å²) in [6.07, 6.45) is 7.49. The van der Waals surface area contributed by atoms with Gasteiger partial charge in [0, 0.05) is 24.3 Å². The van der Waals surface area contributed by atoms with Crippen molar-refractivity contribution in [3.05, 3.63) is 29.8 Å². The van der Waals surface area contributed by atoms with E-state index in [2.05, 4.69) is 30.0 Å². The molecule has 1 N–H and O–H groups in total. The molecule has 1 aliphatic heterocycles. The van der Waals surface area contributed by atoms with Gasteiger partial charge in [-0.1, -0.05) is 44.4 Å². The highest BCUT2D eigenvalue weighted by Crippen LogP contribution is 2.39. The van der Waals surface area contributed by atoms with Gasteiger partial charge in [0.25, 0.3) is 0 Å². The van der Waals surface area contributed by atoms with Gasteiger partial charge in [-0.2, -0.15) is 0 Å². The molecule has 1 saturated carbocycles. The number of benzene rings is 1. The molecule has 3 rings (SSSR count). The topological polar surface area (TPSA) is 23.5 Å². The molecule has 1 aliphatic carbocycles. The number of rotatable bonds is 3. The van der Waals surface area contributed by atoms with Crippen molar-refractivity contribution in [2.24, 2.45) is 11.8 Å². The number of aliphatic hydroxyl groups excluding tert-OH is 1. The molecule has 110 valence electrons. The maximum atomic E-state index is 10.2. The summed E-state index contributed by atoms with van der Waals surface area (Å²) in [5, 5.41) is 10.2. The van der Waals surface area contributed by atoms with E-state index in [1.807, 2.05) is 6.07 Å². The molecule has 2 aliphatic rings. The Bertz CT molecular complexity index is 445. The summed E-state index contributed by atoms with van der Waals surface area (Å²) in [5.41, 5.74) is 2.38. The van der Waals surface area contributed by atoms with Crippen molar-refractivity contribution in [1.82, 2.24) is 0 Å². The Morgan fingerprint density at radius 3 is 2.70 bits per heavy atom. The van der Waals surface area contributed by atoms with Crippen molar-refractivity contribution >= 4 is 5.69 Å². The zero-order chi connectivity index (χ0) is 13.9. The molecule has 2 heteroatoms. The number of fused-ring (bicyclic) bond motifs is 1. The first-order valence-electron chi connectivity index (χ1n) is 8.31. The van der Waals surface area contributed by atoms with Gasteiger partial charge >= 0.3 is 0 Å². The van der Waals surface area contributed by atoms with E-state index in [1.54, 1.807) is 0 Å². The minimum Gasteiger partial charge on any atom is -0.388 e. The third-order valence-electron chi connectivity index (χ3n) is 5.31. The molecule has 20 heavy (non-hydrogen) atoms. The number of piperidine rings is 1. The van der Waals surface area contributed by atoms with Crippen molar-refractivity contribution in [3.63, 3.8) is 0 Å². The van der Waals surface area contributed by atoms with Crippen molar-refractivity contribution in [2.75, 3.05) is 18.0 Å². The Morgan fingerprint density at radius 2 is 1.90 bits per heavy atom. The van der Waals surface area contributed by atoms with Gasteiger partial charge in [-0.05, 0) is 37.2 Å². The van der Waals surface area contributed by atoms with Gasteiger partial charge in [-0.3, -0.25) is 0 Å². The lowest BCUT2D eigenvalue weighted by Gasteiger charge is -2.43. The molecule has 0 aromatic heterocycles. The smallest absolute Gasteiger partial charge is 0.0807 e. The number of para-hydroxylation sites is 1. The number of hydrogen-bond acceptors (Lipinski definition) is 2. The van der Waals surface area contributed by atoms with Gasteiger partial charge in [0.15, 0.2) is 0 Å². The quantitative estimate of drug-likeness (QED) is 0.894. The minimum atomic E-state index is -0.324. The van der Waals surface area contributed by atoms with Gasteiger partial charge in [0.2, 0.25) is 0 Å². The molecule has 0 amide bonds. The highest BCUT2D eigenvalue weighted by Gasteiger charge is 2.32. The average molecular weight is 273 g/mol. The van der Waals surface area contributed by atoms with Crippen LogP contribution in [-0.2, 0) is 0 Å². The van der Waals surface area contributed by atoms with Crippen LogP contribution in [0.4, 0.5) is 5.69 Å². The Labute approximate surface area is 122 Å². The van der Waals surface area contributed by atoms with Gasteiger partial charge < -0.3 is 10.0 Å². The lowest BCUT2D eigenvalue weighted by atomic mass is 9.75. The van der Waals surface area contributed by atoms with Crippen molar-refractivity contribution in [3.8, 4) is 0 Å². The monoisotopic (exact) mass is 273 g/mol. The molecule has 1 saturated heterocycles. The summed E-state index contributed by atoms with van der Waals surface area (Å²) in [5.74, 6) is 1.84. The van der Waals surface area contributed by atoms with Crippen molar-refractivity contribution in [1.29, 1.82) is 0 Å². The first kappa shape index (κ1) is 13.9. The fourth-order valence-electron chi connectivity index (χ4n) is 4.10. The number of nitrogens with zero attached hydrogens (tertiary/aromatic N) is 1. The summed E-state index contributed by atoms with van der Waals surface area (Å²) in [4.78, 5) is 2.53. The van der Waals surface area contributed by atoms with Gasteiger partial charge in [-0.25, -0.2) is 0 Å². The predicted molar refractivity (Wildman–Crippen MR) is 84.0 cm³/mol. The fourth-order valence-corrected chi connectivity index (χ4v) is 4.10. The molecule has 2 nitrogen and oxygen atoms in total. The SMILES string of the molecule is CCC(O)c1ccccc1N1CCC2CCCCC2C1. The molecular weight excluding hydrogens is 246 g/mol. The normalized spacial score (nSPS) is 28.0. The zero-order valence-corrected chi connectivity index (χ0v) is 12.6. The molecule has 3 atom stereocenters. The minimum absolute atomic E-state index is 0.324. The van der Waals surface area contributed by atoms with Crippen molar-refractivity contribution in [2.45, 2.75) is 51.6 Å². The molecule has 0 bridgehead atoms. The van der Waals surface area contributed by atoms with E-state index in [9.17, 15) is 5.11 Å². The van der Waals surface area contributed by atoms with Gasteiger partial charge in [-0.15, -0.1) is 0 Å². The number of aliphatic hydroxyl groups is 1. The van der Waals surface area contributed by atoms with Gasteiger partial charge in [0.1, 0.15) is 0 Å². The fraction of sp³-hybridized carbons (Fsp3) is 0.667. The summed E-state index contributed by atoms with van der Waals surface area (Å²) < 4.78 is 0. The zero-order valence-electron chi connectivity index (χ0n) is 12.6. The summed E-state index contributed by atoms with van der Waals surface area (Å²) in [6, 6.07) is 8.44. The Morgan fingerprint density at radius 1 is 1.15 bits per heavy atom. The van der Waals surface area contributed by atoms with E-state index in [-0.39, 0.29) is 6.10 Å². The second-order valence-corrected chi connectivity index (χ2v) is 6.52. The maximum Gasteiger partial charge on any atom is 0.0807 e. The maximum absolute atomic E-state index is 10.2. The second kappa shape index (κ2) is 6.17. The Hall–Kier alpha value is -1.02. The number of hydrogen-bond donors (Lipinski definition) is 1. The summed E-state index contributed by atoms with van der Waals surface area (Å²) in [7, 11) is 0. The predicted octanol–water partition coefficient (Wildman–Crippen LogP) is 4.15. The van der Waals surface area contributed by atoms with Crippen LogP contribution in [0.2, 0.25) is 0 Å². The van der Waals surface area contributed by atoms with E-state index in [4.69, 9.17) is 0 Å². The molecule has 1 aromatic rings. The van der Waals surface area contributed by atoms with Gasteiger partial charge in [0.05, 0.1) is 6.10 Å². The van der Waals surface area contributed by atoms with Crippen LogP contribution in [-0.4, -0.2) is 18.2 Å². The molecule has 3 unspecified atom stereocenters. The Kier molecular flexibility index (Phi) is 4.30. The first-order chi connectivity index (χ1) is 9.79. The third-order valence-corrected chi connectivity index (χ3v) is 5.31. The number of anilines is 1. The molecular formula is C18H27NO. The van der Waals surface area contributed by atoms with Crippen LogP contribution in [0.1, 0.15) is 57.1 Å². The van der Waals surface area contributed by atoms with Crippen LogP contribution < -0.4 is 4.90 Å². The Balaban J connectivity index is 1.79. The molecule has 2 fully saturated rings. The van der Waals surface area contributed by atoms with E-state index in [0.717, 1.165) is 30.4 Å². The van der Waals surface area contributed by atoms with Crippen LogP contribution in [0.15, 0.2) is 24.3 Å². The molecule has 0 spiro atoms. The lowest BCUT2D eigenvalue weighted by molar-refractivity contribution is 0.172. The summed E-state index contributed by atoms with van der Waals surface area (Å²) >= 11 is 0. The third kappa shape index (κ3) is 2.71. The van der Waals surface area contributed by atoms with Crippen LogP contribution >= 0.6 is 0 Å². The van der Waals surface area contributed by atoms with Crippen LogP contribution in [0, 0.1) is 11.8 Å². The standard InChI is InChI=1S/C18H27NO/c1-2-18(20)16-9-5-6-10-17(16)19-12-11-14-7-3-4-8-15(14)13-19/h5-6,9-10,14-15,18,20H,2-4,7-8,11-13H2,1H3. The molecule has 1 aromatic carbocycles. The van der Waals surface area contributed by atoms with E-state index in [0.29, 0.717) is 0 Å². The van der Waals surface area contributed by atoms with Crippen LogP contribution in [0.25, 0.3) is 0 Å². The molecule has 0 radical (unpaired) electrons. The highest BCUT2D eigenvalue weighted by atomic mass is 16.3.